The maximum atomic E-state index is 11.7. The average Bonchev–Trinajstić information content (AvgIpc) is 1.97. The molecule has 2 N–H and O–H groups in total. The first-order valence-corrected chi connectivity index (χ1v) is 3.67. The van der Waals surface area contributed by atoms with Crippen molar-refractivity contribution in [3.63, 3.8) is 0 Å². The highest BCUT2D eigenvalue weighted by atomic mass is 19.4. The normalized spacial score (nSPS) is 11.4. The Morgan fingerprint density at radius 3 is 2.57 bits per heavy atom. The number of hydrogen-bond donors (Lipinski definition) is 1. The molecular formula is C7H8F3N3O. The topological polar surface area (TPSA) is 61.0 Å². The fourth-order valence-corrected chi connectivity index (χ4v) is 0.792. The third kappa shape index (κ3) is 3.46. The Morgan fingerprint density at radius 2 is 2.07 bits per heavy atom. The van der Waals surface area contributed by atoms with Crippen LogP contribution >= 0.6 is 0 Å². The lowest BCUT2D eigenvalue weighted by Crippen LogP contribution is -2.20. The second kappa shape index (κ2) is 3.69. The number of alkyl halides is 3. The summed E-state index contributed by atoms with van der Waals surface area (Å²) in [5.41, 5.74) is 5.67. The molecule has 0 amide bonds. The van der Waals surface area contributed by atoms with Gasteiger partial charge in [-0.05, 0) is 6.92 Å². The molecule has 0 atom stereocenters. The summed E-state index contributed by atoms with van der Waals surface area (Å²) in [5, 5.41) is 0. The van der Waals surface area contributed by atoms with Crippen LogP contribution in [0.3, 0.4) is 0 Å². The maximum absolute atomic E-state index is 11.7. The van der Waals surface area contributed by atoms with Crippen LogP contribution in [0.4, 0.5) is 19.1 Å². The molecule has 7 heteroatoms. The summed E-state index contributed by atoms with van der Waals surface area (Å²) in [6.07, 6.45) is -4.38. The van der Waals surface area contributed by atoms with Crippen LogP contribution in [0.1, 0.15) is 5.69 Å². The van der Waals surface area contributed by atoms with Crippen LogP contribution in [0.5, 0.6) is 5.88 Å². The molecule has 1 aromatic rings. The van der Waals surface area contributed by atoms with Gasteiger partial charge in [0.15, 0.2) is 6.61 Å². The van der Waals surface area contributed by atoms with E-state index >= 15 is 0 Å². The van der Waals surface area contributed by atoms with Crippen LogP contribution in [0.25, 0.3) is 0 Å². The highest BCUT2D eigenvalue weighted by molar-refractivity contribution is 5.25. The number of anilines is 1. The first-order valence-electron chi connectivity index (χ1n) is 3.67. The van der Waals surface area contributed by atoms with Gasteiger partial charge >= 0.3 is 6.18 Å². The molecule has 0 saturated heterocycles. The minimum absolute atomic E-state index is 0.109. The molecule has 0 unspecified atom stereocenters. The molecule has 14 heavy (non-hydrogen) atoms. The zero-order valence-corrected chi connectivity index (χ0v) is 7.30. The fourth-order valence-electron chi connectivity index (χ4n) is 0.792. The Hall–Kier alpha value is -1.53. The average molecular weight is 207 g/mol. The quantitative estimate of drug-likeness (QED) is 0.794. The summed E-state index contributed by atoms with van der Waals surface area (Å²) in [4.78, 5) is 7.17. The van der Waals surface area contributed by atoms with Crippen LogP contribution in [0.15, 0.2) is 6.07 Å². The fraction of sp³-hybridized carbons (Fsp3) is 0.429. The van der Waals surface area contributed by atoms with Crippen molar-refractivity contribution in [2.24, 2.45) is 0 Å². The van der Waals surface area contributed by atoms with Crippen molar-refractivity contribution in [3.05, 3.63) is 11.8 Å². The number of aromatic nitrogens is 2. The molecule has 78 valence electrons. The third-order valence-corrected chi connectivity index (χ3v) is 1.23. The number of hydrogen-bond acceptors (Lipinski definition) is 4. The maximum Gasteiger partial charge on any atom is 0.422 e. The molecule has 0 aliphatic heterocycles. The molecule has 1 aromatic heterocycles. The van der Waals surface area contributed by atoms with E-state index in [1.807, 2.05) is 0 Å². The van der Waals surface area contributed by atoms with Crippen LogP contribution in [0, 0.1) is 6.92 Å². The van der Waals surface area contributed by atoms with Crippen molar-refractivity contribution in [3.8, 4) is 5.88 Å². The summed E-state index contributed by atoms with van der Waals surface area (Å²) in [5.74, 6) is -0.283. The van der Waals surface area contributed by atoms with Gasteiger partial charge in [0.05, 0.1) is 0 Å². The number of ether oxygens (including phenoxy) is 1. The minimum atomic E-state index is -4.38. The van der Waals surface area contributed by atoms with E-state index in [0.717, 1.165) is 0 Å². The van der Waals surface area contributed by atoms with Gasteiger partial charge in [-0.15, -0.1) is 0 Å². The summed E-state index contributed by atoms with van der Waals surface area (Å²) in [6, 6.07) is 1.28. The van der Waals surface area contributed by atoms with E-state index in [-0.39, 0.29) is 11.8 Å². The van der Waals surface area contributed by atoms with Gasteiger partial charge in [0.2, 0.25) is 11.8 Å². The van der Waals surface area contributed by atoms with Crippen molar-refractivity contribution in [1.29, 1.82) is 0 Å². The largest absolute Gasteiger partial charge is 0.468 e. The Kier molecular flexibility index (Phi) is 2.78. The highest BCUT2D eigenvalue weighted by Gasteiger charge is 2.28. The second-order valence-corrected chi connectivity index (χ2v) is 2.61. The molecule has 1 heterocycles. The Morgan fingerprint density at radius 1 is 1.43 bits per heavy atom. The van der Waals surface area contributed by atoms with Crippen molar-refractivity contribution < 1.29 is 17.9 Å². The molecule has 0 aromatic carbocycles. The number of nitrogen functional groups attached to an aromatic ring is 1. The lowest BCUT2D eigenvalue weighted by molar-refractivity contribution is -0.154. The zero-order chi connectivity index (χ0) is 10.8. The summed E-state index contributed by atoms with van der Waals surface area (Å²) in [6.45, 7) is 0.196. The van der Waals surface area contributed by atoms with E-state index < -0.39 is 12.8 Å². The van der Waals surface area contributed by atoms with E-state index in [4.69, 9.17) is 5.73 Å². The SMILES string of the molecule is Cc1cc(OCC(F)(F)F)nc(N)n1. The van der Waals surface area contributed by atoms with Crippen molar-refractivity contribution in [1.82, 2.24) is 9.97 Å². The number of nitrogens with zero attached hydrogens (tertiary/aromatic N) is 2. The first kappa shape index (κ1) is 10.6. The van der Waals surface area contributed by atoms with Crippen LogP contribution in [0.2, 0.25) is 0 Å². The summed E-state index contributed by atoms with van der Waals surface area (Å²) < 4.78 is 39.6. The second-order valence-electron chi connectivity index (χ2n) is 2.61. The molecule has 0 saturated carbocycles. The van der Waals surface area contributed by atoms with Crippen LogP contribution in [-0.4, -0.2) is 22.8 Å². The Labute approximate surface area is 77.9 Å². The van der Waals surface area contributed by atoms with Crippen molar-refractivity contribution in [2.75, 3.05) is 12.3 Å². The molecule has 0 fully saturated rings. The Bertz CT molecular complexity index is 306. The highest BCUT2D eigenvalue weighted by Crippen LogP contribution is 2.17. The monoisotopic (exact) mass is 207 g/mol. The van der Waals surface area contributed by atoms with Gasteiger partial charge < -0.3 is 10.5 Å². The van der Waals surface area contributed by atoms with Crippen molar-refractivity contribution in [2.45, 2.75) is 13.1 Å². The molecule has 0 spiro atoms. The van der Waals surface area contributed by atoms with Crippen molar-refractivity contribution >= 4 is 5.95 Å². The number of aryl methyl sites for hydroxylation is 1. The molecule has 0 aliphatic carbocycles. The van der Waals surface area contributed by atoms with E-state index in [0.29, 0.717) is 5.69 Å². The molecule has 4 nitrogen and oxygen atoms in total. The molecule has 1 rings (SSSR count). The molecule has 0 bridgehead atoms. The first-order chi connectivity index (χ1) is 6.37. The summed E-state index contributed by atoms with van der Waals surface area (Å²) >= 11 is 0. The predicted octanol–water partition coefficient (Wildman–Crippen LogP) is 1.31. The van der Waals surface area contributed by atoms with Gasteiger partial charge in [0.1, 0.15) is 0 Å². The third-order valence-electron chi connectivity index (χ3n) is 1.23. The van der Waals surface area contributed by atoms with Gasteiger partial charge in [-0.2, -0.15) is 18.2 Å². The molecular weight excluding hydrogens is 199 g/mol. The standard InChI is InChI=1S/C7H8F3N3O/c1-4-2-5(13-6(11)12-4)14-3-7(8,9)10/h2H,3H2,1H3,(H2,11,12,13). The molecule has 0 aliphatic rings. The van der Waals surface area contributed by atoms with E-state index in [1.165, 1.54) is 6.07 Å². The lowest BCUT2D eigenvalue weighted by Gasteiger charge is -2.08. The molecule has 0 radical (unpaired) electrons. The van der Waals surface area contributed by atoms with E-state index in [2.05, 4.69) is 14.7 Å². The smallest absolute Gasteiger partial charge is 0.422 e. The van der Waals surface area contributed by atoms with Gasteiger partial charge in [-0.25, -0.2) is 4.98 Å². The van der Waals surface area contributed by atoms with Gasteiger partial charge in [-0.3, -0.25) is 0 Å². The predicted molar refractivity (Wildman–Crippen MR) is 42.7 cm³/mol. The van der Waals surface area contributed by atoms with Crippen LogP contribution < -0.4 is 10.5 Å². The van der Waals surface area contributed by atoms with Crippen LogP contribution in [-0.2, 0) is 0 Å². The van der Waals surface area contributed by atoms with Gasteiger partial charge in [-0.1, -0.05) is 0 Å². The summed E-state index contributed by atoms with van der Waals surface area (Å²) in [7, 11) is 0. The minimum Gasteiger partial charge on any atom is -0.468 e. The van der Waals surface area contributed by atoms with Gasteiger partial charge in [0, 0.05) is 11.8 Å². The number of halogens is 3. The van der Waals surface area contributed by atoms with Gasteiger partial charge in [0.25, 0.3) is 0 Å². The number of nitrogens with two attached hydrogens (primary N) is 1. The van der Waals surface area contributed by atoms with E-state index in [1.54, 1.807) is 6.92 Å². The number of rotatable bonds is 2. The Balaban J connectivity index is 2.68. The lowest BCUT2D eigenvalue weighted by atomic mass is 10.4. The van der Waals surface area contributed by atoms with E-state index in [9.17, 15) is 13.2 Å². The zero-order valence-electron chi connectivity index (χ0n) is 7.30.